The molecule has 0 aromatic rings. The van der Waals surface area contributed by atoms with Crippen molar-refractivity contribution in [3.05, 3.63) is 0 Å². The molecule has 0 aliphatic carbocycles. The summed E-state index contributed by atoms with van der Waals surface area (Å²) in [7, 11) is 0. The van der Waals surface area contributed by atoms with Gasteiger partial charge in [-0.1, -0.05) is 5.16 Å². The minimum atomic E-state index is 0.523. The maximum absolute atomic E-state index is 7.86. The highest BCUT2D eigenvalue weighted by Gasteiger charge is 1.99. The number of nitrogens with zero attached hydrogens (tertiary/aromatic N) is 2. The summed E-state index contributed by atoms with van der Waals surface area (Å²) in [6, 6.07) is 0. The second kappa shape index (κ2) is 1.08. The summed E-state index contributed by atoms with van der Waals surface area (Å²) in [5.74, 6) is 0.523. The van der Waals surface area contributed by atoms with E-state index in [1.165, 1.54) is 0 Å². The Kier molecular flexibility index (Phi) is 0.602. The fourth-order valence-corrected chi connectivity index (χ4v) is 0.240. The lowest BCUT2D eigenvalue weighted by Crippen LogP contribution is -2.04. The highest BCUT2D eigenvalue weighted by molar-refractivity contribution is 6.06. The molecule has 6 heavy (non-hydrogen) atoms. The van der Waals surface area contributed by atoms with E-state index in [9.17, 15) is 0 Å². The smallest absolute Gasteiger partial charge is 0.172 e. The predicted molar refractivity (Wildman–Crippen MR) is 22.3 cm³/mol. The van der Waals surface area contributed by atoms with Crippen molar-refractivity contribution in [1.82, 2.24) is 0 Å². The van der Waals surface area contributed by atoms with Crippen LogP contribution < -0.4 is 0 Å². The first-order chi connectivity index (χ1) is 2.93. The van der Waals surface area contributed by atoms with Gasteiger partial charge in [0, 0.05) is 12.6 Å². The van der Waals surface area contributed by atoms with Gasteiger partial charge < -0.3 is 5.21 Å². The van der Waals surface area contributed by atoms with Gasteiger partial charge in [0.2, 0.25) is 0 Å². The van der Waals surface area contributed by atoms with E-state index in [1.807, 2.05) is 0 Å². The quantitative estimate of drug-likeness (QED) is 0.332. The molecule has 1 aliphatic heterocycles. The summed E-state index contributed by atoms with van der Waals surface area (Å²) in [6.07, 6.45) is 2.41. The van der Waals surface area contributed by atoms with Crippen molar-refractivity contribution in [3.8, 4) is 0 Å². The van der Waals surface area contributed by atoms with Gasteiger partial charge in [-0.2, -0.15) is 0 Å². The Morgan fingerprint density at radius 1 is 2.00 bits per heavy atom. The van der Waals surface area contributed by atoms with Crippen molar-refractivity contribution in [1.29, 1.82) is 0 Å². The van der Waals surface area contributed by atoms with E-state index in [-0.39, 0.29) is 0 Å². The van der Waals surface area contributed by atoms with E-state index in [0.717, 1.165) is 6.42 Å². The van der Waals surface area contributed by atoms with Crippen LogP contribution in [0.1, 0.15) is 6.42 Å². The molecule has 0 aromatic heterocycles. The van der Waals surface area contributed by atoms with E-state index in [0.29, 0.717) is 5.84 Å². The third-order valence-electron chi connectivity index (χ3n) is 0.630. The van der Waals surface area contributed by atoms with Crippen LogP contribution in [0.3, 0.4) is 0 Å². The predicted octanol–water partition coefficient (Wildman–Crippen LogP) is 0.249. The summed E-state index contributed by atoms with van der Waals surface area (Å²) >= 11 is 0. The van der Waals surface area contributed by atoms with Crippen LogP contribution in [0.2, 0.25) is 0 Å². The Morgan fingerprint density at radius 3 is 2.67 bits per heavy atom. The zero-order valence-corrected chi connectivity index (χ0v) is 3.13. The number of aliphatic imine (C=N–C) groups is 1. The van der Waals surface area contributed by atoms with Gasteiger partial charge in [0.15, 0.2) is 5.84 Å². The van der Waals surface area contributed by atoms with Gasteiger partial charge in [0.05, 0.1) is 0 Å². The summed E-state index contributed by atoms with van der Waals surface area (Å²) in [6.45, 7) is 0. The first kappa shape index (κ1) is 3.33. The molecule has 1 rings (SSSR count). The van der Waals surface area contributed by atoms with E-state index in [1.54, 1.807) is 6.21 Å². The first-order valence-corrected chi connectivity index (χ1v) is 1.67. The molecule has 0 saturated carbocycles. The monoisotopic (exact) mass is 84.0 g/mol. The molecule has 0 unspecified atom stereocenters. The maximum atomic E-state index is 7.86. The van der Waals surface area contributed by atoms with Crippen molar-refractivity contribution >= 4 is 12.1 Å². The molecule has 0 bridgehead atoms. The van der Waals surface area contributed by atoms with Crippen LogP contribution >= 0.6 is 0 Å². The van der Waals surface area contributed by atoms with Crippen LogP contribution in [0, 0.1) is 0 Å². The van der Waals surface area contributed by atoms with Gasteiger partial charge in [0.1, 0.15) is 0 Å². The summed E-state index contributed by atoms with van der Waals surface area (Å²) in [4.78, 5) is 3.56. The molecule has 0 spiro atoms. The van der Waals surface area contributed by atoms with Gasteiger partial charge in [-0.15, -0.1) is 0 Å². The van der Waals surface area contributed by atoms with Crippen LogP contribution in [0.5, 0.6) is 0 Å². The molecule has 0 atom stereocenters. The molecule has 32 valence electrons. The molecule has 1 heterocycles. The van der Waals surface area contributed by atoms with E-state index >= 15 is 0 Å². The van der Waals surface area contributed by atoms with E-state index < -0.39 is 0 Å². The van der Waals surface area contributed by atoms with Gasteiger partial charge in [0.25, 0.3) is 0 Å². The minimum Gasteiger partial charge on any atom is -0.409 e. The largest absolute Gasteiger partial charge is 0.409 e. The van der Waals surface area contributed by atoms with Gasteiger partial charge in [-0.3, -0.25) is 0 Å². The summed E-state index contributed by atoms with van der Waals surface area (Å²) in [5.41, 5.74) is 0. The molecular formula is C3H4N2O. The Morgan fingerprint density at radius 2 is 2.67 bits per heavy atom. The SMILES string of the molecule is ON=C1CC=N1. The Balaban J connectivity index is 2.60. The second-order valence-electron chi connectivity index (χ2n) is 1.03. The lowest BCUT2D eigenvalue weighted by Gasteiger charge is -1.97. The highest BCUT2D eigenvalue weighted by Crippen LogP contribution is 1.93. The zero-order valence-electron chi connectivity index (χ0n) is 3.13. The standard InChI is InChI=1S/C3H4N2O/c6-5-3-1-2-4-3/h2,6H,1H2. The highest BCUT2D eigenvalue weighted by atomic mass is 16.4. The van der Waals surface area contributed by atoms with Crippen LogP contribution in [0.25, 0.3) is 0 Å². The van der Waals surface area contributed by atoms with Crippen molar-refractivity contribution in [3.63, 3.8) is 0 Å². The van der Waals surface area contributed by atoms with Gasteiger partial charge >= 0.3 is 0 Å². The van der Waals surface area contributed by atoms with E-state index in [4.69, 9.17) is 5.21 Å². The Bertz CT molecular complexity index is 105. The molecule has 0 radical (unpaired) electrons. The van der Waals surface area contributed by atoms with Crippen molar-refractivity contribution in [2.24, 2.45) is 10.1 Å². The van der Waals surface area contributed by atoms with E-state index in [2.05, 4.69) is 10.1 Å². The second-order valence-corrected chi connectivity index (χ2v) is 1.03. The number of oxime groups is 1. The molecule has 3 nitrogen and oxygen atoms in total. The zero-order chi connectivity index (χ0) is 4.41. The summed E-state index contributed by atoms with van der Waals surface area (Å²) < 4.78 is 0. The molecule has 0 saturated heterocycles. The minimum absolute atomic E-state index is 0.523. The van der Waals surface area contributed by atoms with Crippen LogP contribution in [-0.2, 0) is 0 Å². The number of amidine groups is 1. The number of rotatable bonds is 0. The Labute approximate surface area is 35.0 Å². The average molecular weight is 84.1 g/mol. The number of hydrogen-bond donors (Lipinski definition) is 1. The van der Waals surface area contributed by atoms with Crippen LogP contribution in [-0.4, -0.2) is 17.3 Å². The maximum Gasteiger partial charge on any atom is 0.172 e. The lowest BCUT2D eigenvalue weighted by molar-refractivity contribution is 0.317. The molecule has 1 aliphatic rings. The number of hydrogen-bond acceptors (Lipinski definition) is 2. The van der Waals surface area contributed by atoms with Crippen molar-refractivity contribution < 1.29 is 5.21 Å². The normalized spacial score (nSPS) is 24.3. The van der Waals surface area contributed by atoms with Gasteiger partial charge in [-0.05, 0) is 0 Å². The first-order valence-electron chi connectivity index (χ1n) is 1.67. The molecule has 1 N–H and O–H groups in total. The third kappa shape index (κ3) is 0.282. The fraction of sp³-hybridized carbons (Fsp3) is 0.333. The van der Waals surface area contributed by atoms with Crippen LogP contribution in [0.4, 0.5) is 0 Å². The molecule has 3 heteroatoms. The van der Waals surface area contributed by atoms with Crippen molar-refractivity contribution in [2.75, 3.05) is 0 Å². The van der Waals surface area contributed by atoms with Crippen molar-refractivity contribution in [2.45, 2.75) is 6.42 Å². The lowest BCUT2D eigenvalue weighted by atomic mass is 10.3. The molecule has 0 fully saturated rings. The Hall–Kier alpha value is -0.860. The average Bonchev–Trinajstić information content (AvgIpc) is 1.31. The van der Waals surface area contributed by atoms with Crippen LogP contribution in [0.15, 0.2) is 10.1 Å². The summed E-state index contributed by atoms with van der Waals surface area (Å²) in [5, 5.41) is 10.7. The third-order valence-corrected chi connectivity index (χ3v) is 0.630. The topological polar surface area (TPSA) is 45.0 Å². The van der Waals surface area contributed by atoms with Gasteiger partial charge in [-0.25, -0.2) is 4.99 Å². The fourth-order valence-electron chi connectivity index (χ4n) is 0.240. The molecule has 0 amide bonds. The molecule has 0 aromatic carbocycles. The molecular weight excluding hydrogens is 80.0 g/mol.